The molecule has 7 nitrogen and oxygen atoms in total. The highest BCUT2D eigenvalue weighted by molar-refractivity contribution is 5.79. The Kier molecular flexibility index (Phi) is 5.24. The van der Waals surface area contributed by atoms with E-state index in [1.54, 1.807) is 0 Å². The Balaban J connectivity index is 2.56. The molecule has 0 aromatic heterocycles. The van der Waals surface area contributed by atoms with Crippen LogP contribution in [0.5, 0.6) is 11.5 Å². The molecule has 0 unspecified atom stereocenters. The molecule has 0 aliphatic rings. The van der Waals surface area contributed by atoms with Crippen molar-refractivity contribution in [2.45, 2.75) is 12.6 Å². The highest BCUT2D eigenvalue weighted by Gasteiger charge is 2.38. The topological polar surface area (TPSA) is 113 Å². The van der Waals surface area contributed by atoms with Crippen molar-refractivity contribution in [1.82, 2.24) is 0 Å². The molecular weight excluding hydrogens is 357 g/mol. The van der Waals surface area contributed by atoms with Gasteiger partial charge in [0.25, 0.3) is 5.69 Å². The molecule has 0 heterocycles. The average Bonchev–Trinajstić information content (AvgIpc) is 2.55. The first kappa shape index (κ1) is 18.9. The quantitative estimate of drug-likeness (QED) is 0.478. The smallest absolute Gasteiger partial charge is 0.417 e. The van der Waals surface area contributed by atoms with Crippen molar-refractivity contribution in [3.05, 3.63) is 63.2 Å². The van der Waals surface area contributed by atoms with Crippen molar-refractivity contribution in [3.8, 4) is 11.5 Å². The predicted octanol–water partition coefficient (Wildman–Crippen LogP) is 3.25. The molecule has 0 fully saturated rings. The lowest BCUT2D eigenvalue weighted by molar-refractivity contribution is -0.385. The van der Waals surface area contributed by atoms with Gasteiger partial charge in [0.2, 0.25) is 5.91 Å². The molecule has 0 saturated heterocycles. The van der Waals surface area contributed by atoms with Crippen LogP contribution >= 0.6 is 0 Å². The van der Waals surface area contributed by atoms with E-state index < -0.39 is 46.0 Å². The summed E-state index contributed by atoms with van der Waals surface area (Å²) in [7, 11) is 0. The lowest BCUT2D eigenvalue weighted by Crippen LogP contribution is -2.19. The number of carbonyl (C=O) groups excluding carboxylic acids is 2. The largest absolute Gasteiger partial charge is 0.457 e. The molecule has 2 aromatic carbocycles. The minimum Gasteiger partial charge on any atom is -0.457 e. The van der Waals surface area contributed by atoms with E-state index in [1.165, 1.54) is 24.3 Å². The predicted molar refractivity (Wildman–Crippen MR) is 82.9 cm³/mol. The minimum absolute atomic E-state index is 0.0701. The maximum Gasteiger partial charge on any atom is 0.417 e. The third-order valence-electron chi connectivity index (χ3n) is 3.30. The van der Waals surface area contributed by atoms with Crippen LogP contribution in [0.1, 0.15) is 21.5 Å². The zero-order valence-electron chi connectivity index (χ0n) is 12.9. The Labute approximate surface area is 144 Å². The number of carbonyl (C=O) groups is 2. The second-order valence-electron chi connectivity index (χ2n) is 5.16. The monoisotopic (exact) mass is 368 g/mol. The Morgan fingerprint density at radius 3 is 2.27 bits per heavy atom. The zero-order chi connectivity index (χ0) is 19.5. The number of primary amides is 1. The van der Waals surface area contributed by atoms with Gasteiger partial charge >= 0.3 is 6.18 Å². The number of amides is 1. The van der Waals surface area contributed by atoms with Crippen LogP contribution in [0.25, 0.3) is 0 Å². The molecule has 136 valence electrons. The van der Waals surface area contributed by atoms with E-state index in [1.807, 2.05) is 0 Å². The summed E-state index contributed by atoms with van der Waals surface area (Å²) in [6.45, 7) is 0. The fourth-order valence-corrected chi connectivity index (χ4v) is 2.22. The number of aldehydes is 1. The summed E-state index contributed by atoms with van der Waals surface area (Å²) >= 11 is 0. The Hall–Kier alpha value is -3.43. The van der Waals surface area contributed by atoms with E-state index in [9.17, 15) is 32.9 Å². The molecule has 0 bridgehead atoms. The van der Waals surface area contributed by atoms with Gasteiger partial charge in [-0.15, -0.1) is 0 Å². The van der Waals surface area contributed by atoms with Gasteiger partial charge in [-0.1, -0.05) is 0 Å². The van der Waals surface area contributed by atoms with Crippen LogP contribution in [0.15, 0.2) is 36.4 Å². The van der Waals surface area contributed by atoms with Crippen molar-refractivity contribution in [2.24, 2.45) is 5.73 Å². The van der Waals surface area contributed by atoms with Gasteiger partial charge in [0.05, 0.1) is 28.5 Å². The fourth-order valence-electron chi connectivity index (χ4n) is 2.22. The molecule has 10 heteroatoms. The van der Waals surface area contributed by atoms with E-state index in [0.29, 0.717) is 17.9 Å². The van der Waals surface area contributed by atoms with E-state index in [-0.39, 0.29) is 5.75 Å². The summed E-state index contributed by atoms with van der Waals surface area (Å²) in [4.78, 5) is 31.7. The Morgan fingerprint density at radius 2 is 1.81 bits per heavy atom. The molecule has 0 aliphatic carbocycles. The van der Waals surface area contributed by atoms with Crippen LogP contribution in [-0.4, -0.2) is 17.1 Å². The number of benzene rings is 2. The van der Waals surface area contributed by atoms with Crippen LogP contribution in [0, 0.1) is 10.1 Å². The third kappa shape index (κ3) is 4.35. The highest BCUT2D eigenvalue weighted by atomic mass is 19.4. The van der Waals surface area contributed by atoms with Gasteiger partial charge in [0, 0.05) is 5.56 Å². The van der Waals surface area contributed by atoms with E-state index in [4.69, 9.17) is 10.5 Å². The molecular formula is C16H11F3N2O5. The van der Waals surface area contributed by atoms with Crippen LogP contribution in [0.3, 0.4) is 0 Å². The maximum atomic E-state index is 13.3. The van der Waals surface area contributed by atoms with Gasteiger partial charge in [-0.05, 0) is 30.3 Å². The van der Waals surface area contributed by atoms with E-state index in [0.717, 1.165) is 6.07 Å². The van der Waals surface area contributed by atoms with Crippen LogP contribution < -0.4 is 10.5 Å². The van der Waals surface area contributed by atoms with Crippen molar-refractivity contribution in [2.75, 3.05) is 0 Å². The average molecular weight is 368 g/mol. The standard InChI is InChI=1S/C16H11F3N2O5/c17-16(18,19)13-5-11(26-10-3-1-9(8-22)2-4-10)6-14(21(24)25)12(13)7-15(20)23/h1-6,8H,7H2,(H2,20,23). The first-order valence-electron chi connectivity index (χ1n) is 7.01. The first-order valence-corrected chi connectivity index (χ1v) is 7.01. The summed E-state index contributed by atoms with van der Waals surface area (Å²) in [5, 5.41) is 11.2. The van der Waals surface area contributed by atoms with Gasteiger partial charge < -0.3 is 10.5 Å². The zero-order valence-corrected chi connectivity index (χ0v) is 12.9. The molecule has 2 rings (SSSR count). The van der Waals surface area contributed by atoms with Crippen LogP contribution in [-0.2, 0) is 17.4 Å². The second kappa shape index (κ2) is 7.21. The number of alkyl halides is 3. The number of nitrogens with zero attached hydrogens (tertiary/aromatic N) is 1. The minimum atomic E-state index is -4.96. The highest BCUT2D eigenvalue weighted by Crippen LogP contribution is 2.40. The number of nitrogens with two attached hydrogens (primary N) is 1. The Morgan fingerprint density at radius 1 is 1.19 bits per heavy atom. The number of hydrogen-bond acceptors (Lipinski definition) is 5. The number of nitro groups is 1. The fraction of sp³-hybridized carbons (Fsp3) is 0.125. The third-order valence-corrected chi connectivity index (χ3v) is 3.30. The Bertz CT molecular complexity index is 863. The molecule has 0 radical (unpaired) electrons. The first-order chi connectivity index (χ1) is 12.1. The number of rotatable bonds is 6. The number of ether oxygens (including phenoxy) is 1. The number of halogens is 3. The lowest BCUT2D eigenvalue weighted by Gasteiger charge is -2.15. The van der Waals surface area contributed by atoms with E-state index >= 15 is 0 Å². The summed E-state index contributed by atoms with van der Waals surface area (Å²) in [6.07, 6.45) is -5.34. The van der Waals surface area contributed by atoms with Crippen molar-refractivity contribution in [1.29, 1.82) is 0 Å². The molecule has 0 aliphatic heterocycles. The van der Waals surface area contributed by atoms with Gasteiger partial charge in [-0.3, -0.25) is 19.7 Å². The molecule has 0 atom stereocenters. The van der Waals surface area contributed by atoms with Crippen molar-refractivity contribution < 1.29 is 32.4 Å². The lowest BCUT2D eigenvalue weighted by atomic mass is 10.0. The number of hydrogen-bond donors (Lipinski definition) is 1. The summed E-state index contributed by atoms with van der Waals surface area (Å²) in [5.74, 6) is -1.52. The number of nitro benzene ring substituents is 1. The SMILES string of the molecule is NC(=O)Cc1c([N+](=O)[O-])cc(Oc2ccc(C=O)cc2)cc1C(F)(F)F. The van der Waals surface area contributed by atoms with Gasteiger partial charge in [-0.25, -0.2) is 0 Å². The molecule has 0 saturated carbocycles. The summed E-state index contributed by atoms with van der Waals surface area (Å²) in [5.41, 5.74) is 2.07. The van der Waals surface area contributed by atoms with Gasteiger partial charge in [0.1, 0.15) is 17.8 Å². The second-order valence-corrected chi connectivity index (χ2v) is 5.16. The normalized spacial score (nSPS) is 11.0. The summed E-state index contributed by atoms with van der Waals surface area (Å²) < 4.78 is 45.1. The molecule has 26 heavy (non-hydrogen) atoms. The van der Waals surface area contributed by atoms with Crippen molar-refractivity contribution in [3.63, 3.8) is 0 Å². The molecule has 0 spiro atoms. The van der Waals surface area contributed by atoms with Crippen molar-refractivity contribution >= 4 is 17.9 Å². The summed E-state index contributed by atoms with van der Waals surface area (Å²) in [6, 6.07) is 6.70. The maximum absolute atomic E-state index is 13.3. The van der Waals surface area contributed by atoms with Gasteiger partial charge in [0.15, 0.2) is 0 Å². The van der Waals surface area contributed by atoms with Crippen LogP contribution in [0.2, 0.25) is 0 Å². The van der Waals surface area contributed by atoms with Crippen LogP contribution in [0.4, 0.5) is 18.9 Å². The molecule has 1 amide bonds. The molecule has 2 N–H and O–H groups in total. The molecule has 2 aromatic rings. The van der Waals surface area contributed by atoms with Gasteiger partial charge in [-0.2, -0.15) is 13.2 Å². The van der Waals surface area contributed by atoms with E-state index in [2.05, 4.69) is 0 Å².